The summed E-state index contributed by atoms with van der Waals surface area (Å²) in [4.78, 5) is 13.9. The number of amides is 1. The number of hydrogen-bond acceptors (Lipinski definition) is 3. The van der Waals surface area contributed by atoms with Gasteiger partial charge < -0.3 is 4.90 Å². The van der Waals surface area contributed by atoms with Crippen molar-refractivity contribution in [2.45, 2.75) is 31.1 Å². The summed E-state index contributed by atoms with van der Waals surface area (Å²) < 4.78 is 26.7. The summed E-state index contributed by atoms with van der Waals surface area (Å²) in [6, 6.07) is 6.74. The molecule has 110 valence electrons. The molecule has 0 unspecified atom stereocenters. The quantitative estimate of drug-likeness (QED) is 0.910. The minimum absolute atomic E-state index is 0.151. The Bertz CT molecular complexity index is 578. The number of nitrogens with one attached hydrogen (secondary N) is 1. The fraction of sp³-hybridized carbons (Fsp3) is 0.500. The van der Waals surface area contributed by atoms with E-state index in [2.05, 4.69) is 4.72 Å². The monoisotopic (exact) mass is 296 g/mol. The van der Waals surface area contributed by atoms with E-state index in [1.807, 2.05) is 0 Å². The second-order valence-corrected chi connectivity index (χ2v) is 6.77. The molecule has 1 aliphatic rings. The number of benzene rings is 1. The third kappa shape index (κ3) is 3.58. The van der Waals surface area contributed by atoms with Gasteiger partial charge in [0.25, 0.3) is 0 Å². The summed E-state index contributed by atoms with van der Waals surface area (Å²) in [7, 11) is -3.62. The van der Waals surface area contributed by atoms with E-state index in [4.69, 9.17) is 0 Å². The first kappa shape index (κ1) is 15.0. The maximum absolute atomic E-state index is 12.2. The van der Waals surface area contributed by atoms with Crippen molar-refractivity contribution in [1.29, 1.82) is 0 Å². The predicted molar refractivity (Wildman–Crippen MR) is 76.8 cm³/mol. The van der Waals surface area contributed by atoms with Gasteiger partial charge in [0, 0.05) is 13.1 Å². The summed E-state index contributed by atoms with van der Waals surface area (Å²) in [5.41, 5.74) is 0.672. The largest absolute Gasteiger partial charge is 0.342 e. The molecule has 0 atom stereocenters. The lowest BCUT2D eigenvalue weighted by Crippen LogP contribution is -2.42. The van der Waals surface area contributed by atoms with Crippen molar-refractivity contribution in [3.05, 3.63) is 29.8 Å². The molecule has 20 heavy (non-hydrogen) atoms. The summed E-state index contributed by atoms with van der Waals surface area (Å²) in [6.07, 6.45) is 3.13. The Labute approximate surface area is 120 Å². The molecular weight excluding hydrogens is 276 g/mol. The van der Waals surface area contributed by atoms with Crippen LogP contribution in [-0.4, -0.2) is 38.9 Å². The third-order valence-electron chi connectivity index (χ3n) is 3.51. The van der Waals surface area contributed by atoms with Gasteiger partial charge in [-0.3, -0.25) is 4.79 Å². The highest BCUT2D eigenvalue weighted by atomic mass is 32.2. The molecule has 1 N–H and O–H groups in total. The molecule has 0 radical (unpaired) electrons. The average Bonchev–Trinajstić information content (AvgIpc) is 2.46. The van der Waals surface area contributed by atoms with E-state index in [0.29, 0.717) is 5.56 Å². The number of likely N-dealkylation sites (tertiary alicyclic amines) is 1. The zero-order valence-electron chi connectivity index (χ0n) is 11.6. The lowest BCUT2D eigenvalue weighted by Gasteiger charge is -2.26. The summed E-state index contributed by atoms with van der Waals surface area (Å²) in [6.45, 7) is 3.02. The van der Waals surface area contributed by atoms with Gasteiger partial charge in [0.05, 0.1) is 11.4 Å². The maximum atomic E-state index is 12.2. The van der Waals surface area contributed by atoms with Crippen molar-refractivity contribution in [2.24, 2.45) is 0 Å². The van der Waals surface area contributed by atoms with E-state index in [-0.39, 0.29) is 17.3 Å². The number of aryl methyl sites for hydroxylation is 1. The van der Waals surface area contributed by atoms with Crippen molar-refractivity contribution in [3.8, 4) is 0 Å². The molecule has 0 spiro atoms. The van der Waals surface area contributed by atoms with Gasteiger partial charge in [0.2, 0.25) is 15.9 Å². The standard InChI is InChI=1S/C14H20N2O3S/c1-12-7-3-4-8-13(12)20(18,19)15-11-14(17)16-9-5-2-6-10-16/h3-4,7-8,15H,2,5-6,9-11H2,1H3. The smallest absolute Gasteiger partial charge is 0.241 e. The first-order valence-electron chi connectivity index (χ1n) is 6.84. The fourth-order valence-electron chi connectivity index (χ4n) is 2.35. The van der Waals surface area contributed by atoms with Gasteiger partial charge in [0.15, 0.2) is 0 Å². The molecule has 1 saturated heterocycles. The van der Waals surface area contributed by atoms with Gasteiger partial charge in [0.1, 0.15) is 0 Å². The molecule has 0 aliphatic carbocycles. The van der Waals surface area contributed by atoms with E-state index in [1.165, 1.54) is 0 Å². The van der Waals surface area contributed by atoms with Crippen LogP contribution < -0.4 is 4.72 Å². The van der Waals surface area contributed by atoms with Gasteiger partial charge >= 0.3 is 0 Å². The molecule has 1 heterocycles. The summed E-state index contributed by atoms with van der Waals surface area (Å²) >= 11 is 0. The Balaban J connectivity index is 1.99. The second-order valence-electron chi connectivity index (χ2n) is 5.03. The first-order chi connectivity index (χ1) is 9.50. The Kier molecular flexibility index (Phi) is 4.77. The highest BCUT2D eigenvalue weighted by Crippen LogP contribution is 2.14. The summed E-state index contributed by atoms with van der Waals surface area (Å²) in [5.74, 6) is -0.151. The van der Waals surface area contributed by atoms with Crippen LogP contribution in [0.1, 0.15) is 24.8 Å². The van der Waals surface area contributed by atoms with Crippen LogP contribution >= 0.6 is 0 Å². The van der Waals surface area contributed by atoms with Crippen LogP contribution in [0.15, 0.2) is 29.2 Å². The number of sulfonamides is 1. The lowest BCUT2D eigenvalue weighted by atomic mass is 10.1. The molecule has 1 aromatic carbocycles. The van der Waals surface area contributed by atoms with E-state index in [1.54, 1.807) is 36.1 Å². The van der Waals surface area contributed by atoms with Crippen molar-refractivity contribution < 1.29 is 13.2 Å². The Morgan fingerprint density at radius 2 is 1.85 bits per heavy atom. The molecule has 1 fully saturated rings. The maximum Gasteiger partial charge on any atom is 0.241 e. The molecule has 1 amide bonds. The van der Waals surface area contributed by atoms with E-state index < -0.39 is 10.0 Å². The van der Waals surface area contributed by atoms with Crippen LogP contribution in [0.3, 0.4) is 0 Å². The van der Waals surface area contributed by atoms with Gasteiger partial charge in [-0.25, -0.2) is 13.1 Å². The highest BCUT2D eigenvalue weighted by molar-refractivity contribution is 7.89. The summed E-state index contributed by atoms with van der Waals surface area (Å²) in [5, 5.41) is 0. The van der Waals surface area contributed by atoms with Gasteiger partial charge in [-0.1, -0.05) is 18.2 Å². The van der Waals surface area contributed by atoms with Gasteiger partial charge in [-0.05, 0) is 37.8 Å². The Hall–Kier alpha value is -1.40. The van der Waals surface area contributed by atoms with Crippen LogP contribution in [-0.2, 0) is 14.8 Å². The average molecular weight is 296 g/mol. The van der Waals surface area contributed by atoms with Crippen LogP contribution in [0.2, 0.25) is 0 Å². The minimum Gasteiger partial charge on any atom is -0.342 e. The molecule has 5 nitrogen and oxygen atoms in total. The zero-order chi connectivity index (χ0) is 14.6. The fourth-order valence-corrected chi connectivity index (χ4v) is 3.57. The molecule has 0 bridgehead atoms. The van der Waals surface area contributed by atoms with Gasteiger partial charge in [-0.15, -0.1) is 0 Å². The van der Waals surface area contributed by atoms with E-state index in [0.717, 1.165) is 32.4 Å². The molecule has 1 aliphatic heterocycles. The number of carbonyl (C=O) groups is 1. The first-order valence-corrected chi connectivity index (χ1v) is 8.32. The topological polar surface area (TPSA) is 66.5 Å². The molecule has 1 aromatic rings. The normalized spacial score (nSPS) is 16.1. The Morgan fingerprint density at radius 3 is 2.50 bits per heavy atom. The molecule has 0 aromatic heterocycles. The number of nitrogens with zero attached hydrogens (tertiary/aromatic N) is 1. The SMILES string of the molecule is Cc1ccccc1S(=O)(=O)NCC(=O)N1CCCCC1. The van der Waals surface area contributed by atoms with Gasteiger partial charge in [-0.2, -0.15) is 0 Å². The zero-order valence-corrected chi connectivity index (χ0v) is 12.4. The van der Waals surface area contributed by atoms with Crippen molar-refractivity contribution >= 4 is 15.9 Å². The number of carbonyl (C=O) groups excluding carboxylic acids is 1. The number of hydrogen-bond donors (Lipinski definition) is 1. The highest BCUT2D eigenvalue weighted by Gasteiger charge is 2.21. The molecule has 0 saturated carbocycles. The Morgan fingerprint density at radius 1 is 1.20 bits per heavy atom. The van der Waals surface area contributed by atoms with Crippen molar-refractivity contribution in [2.75, 3.05) is 19.6 Å². The third-order valence-corrected chi connectivity index (χ3v) is 5.07. The number of piperidine rings is 1. The number of rotatable bonds is 4. The molecule has 2 rings (SSSR count). The molecule has 6 heteroatoms. The van der Waals surface area contributed by atoms with E-state index in [9.17, 15) is 13.2 Å². The van der Waals surface area contributed by atoms with E-state index >= 15 is 0 Å². The second kappa shape index (κ2) is 6.37. The predicted octanol–water partition coefficient (Wildman–Crippen LogP) is 1.29. The van der Waals surface area contributed by atoms with Crippen LogP contribution in [0, 0.1) is 6.92 Å². The van der Waals surface area contributed by atoms with Crippen LogP contribution in [0.25, 0.3) is 0 Å². The van der Waals surface area contributed by atoms with Crippen molar-refractivity contribution in [1.82, 2.24) is 9.62 Å². The van der Waals surface area contributed by atoms with Crippen LogP contribution in [0.4, 0.5) is 0 Å². The lowest BCUT2D eigenvalue weighted by molar-refractivity contribution is -0.130. The van der Waals surface area contributed by atoms with Crippen LogP contribution in [0.5, 0.6) is 0 Å². The molecular formula is C14H20N2O3S. The minimum atomic E-state index is -3.62. The van der Waals surface area contributed by atoms with Crippen molar-refractivity contribution in [3.63, 3.8) is 0 Å².